The van der Waals surface area contributed by atoms with Gasteiger partial charge in [0, 0.05) is 10.3 Å². The van der Waals surface area contributed by atoms with Crippen LogP contribution in [0.5, 0.6) is 0 Å². The highest BCUT2D eigenvalue weighted by Crippen LogP contribution is 2.28. The minimum Gasteiger partial charge on any atom is -0.318 e. The van der Waals surface area contributed by atoms with E-state index in [0.717, 1.165) is 14.9 Å². The lowest BCUT2D eigenvalue weighted by Gasteiger charge is -2.04. The van der Waals surface area contributed by atoms with E-state index < -0.39 is 0 Å². The second-order valence-electron chi connectivity index (χ2n) is 2.54. The minimum absolute atomic E-state index is 0.135. The van der Waals surface area contributed by atoms with Crippen molar-refractivity contribution in [1.29, 1.82) is 0 Å². The lowest BCUT2D eigenvalue weighted by Crippen LogP contribution is -2.09. The smallest absolute Gasteiger partial charge is 0.0931 e. The Bertz CT molecular complexity index is 383. The summed E-state index contributed by atoms with van der Waals surface area (Å²) in [5, 5.41) is 1.92. The number of thiophene rings is 1. The number of rotatable bonds is 2. The maximum absolute atomic E-state index is 5.97. The van der Waals surface area contributed by atoms with E-state index in [2.05, 4.69) is 4.37 Å². The van der Waals surface area contributed by atoms with Gasteiger partial charge in [0.2, 0.25) is 0 Å². The molecule has 1 unspecified atom stereocenters. The highest BCUT2D eigenvalue weighted by Gasteiger charge is 2.12. The number of hydrogen-bond acceptors (Lipinski definition) is 4. The number of nitrogens with zero attached hydrogens (tertiary/aromatic N) is 1. The van der Waals surface area contributed by atoms with Gasteiger partial charge in [-0.15, -0.1) is 11.3 Å². The van der Waals surface area contributed by atoms with Crippen molar-refractivity contribution in [3.63, 3.8) is 0 Å². The van der Waals surface area contributed by atoms with Gasteiger partial charge in [-0.1, -0.05) is 11.6 Å². The van der Waals surface area contributed by atoms with Crippen molar-refractivity contribution in [1.82, 2.24) is 4.37 Å². The molecule has 0 spiro atoms. The van der Waals surface area contributed by atoms with Crippen molar-refractivity contribution in [2.45, 2.75) is 6.04 Å². The molecule has 2 N–H and O–H groups in total. The lowest BCUT2D eigenvalue weighted by molar-refractivity contribution is 0.866. The summed E-state index contributed by atoms with van der Waals surface area (Å²) in [6, 6.07) is 5.59. The van der Waals surface area contributed by atoms with Crippen LogP contribution in [0.15, 0.2) is 23.6 Å². The van der Waals surface area contributed by atoms with E-state index >= 15 is 0 Å². The lowest BCUT2D eigenvalue weighted by atomic mass is 10.2. The molecule has 68 valence electrons. The molecule has 0 aliphatic carbocycles. The second-order valence-corrected chi connectivity index (χ2v) is 4.96. The molecule has 0 saturated carbocycles. The third kappa shape index (κ3) is 1.91. The van der Waals surface area contributed by atoms with Crippen molar-refractivity contribution in [3.8, 4) is 0 Å². The fourth-order valence-electron chi connectivity index (χ4n) is 1.02. The zero-order chi connectivity index (χ0) is 9.26. The molecule has 0 amide bonds. The van der Waals surface area contributed by atoms with E-state index in [0.29, 0.717) is 0 Å². The van der Waals surface area contributed by atoms with E-state index in [1.165, 1.54) is 22.9 Å². The predicted molar refractivity (Wildman–Crippen MR) is 57.5 cm³/mol. The van der Waals surface area contributed by atoms with Crippen molar-refractivity contribution < 1.29 is 0 Å². The fraction of sp³-hybridized carbons (Fsp3) is 0.125. The summed E-state index contributed by atoms with van der Waals surface area (Å²) in [5.41, 5.74) is 6.88. The molecule has 2 rings (SSSR count). The fourth-order valence-corrected chi connectivity index (χ4v) is 2.66. The van der Waals surface area contributed by atoms with Gasteiger partial charge in [0.15, 0.2) is 0 Å². The zero-order valence-corrected chi connectivity index (χ0v) is 8.99. The summed E-state index contributed by atoms with van der Waals surface area (Å²) >= 11 is 8.72. The Morgan fingerprint density at radius 3 is 2.77 bits per heavy atom. The standard InChI is InChI=1S/C8H7ClN2S2/c9-7-2-1-6(13-7)8(10)5-3-4-12-11-5/h1-4,8H,10H2. The predicted octanol–water partition coefficient (Wildman–Crippen LogP) is 2.91. The largest absolute Gasteiger partial charge is 0.318 e. The van der Waals surface area contributed by atoms with Crippen molar-refractivity contribution in [2.75, 3.05) is 0 Å². The summed E-state index contributed by atoms with van der Waals surface area (Å²) < 4.78 is 4.95. The SMILES string of the molecule is NC(c1ccsn1)c1ccc(Cl)s1. The van der Waals surface area contributed by atoms with Gasteiger partial charge in [-0.05, 0) is 29.7 Å². The van der Waals surface area contributed by atoms with E-state index in [-0.39, 0.29) is 6.04 Å². The molecular formula is C8H7ClN2S2. The highest BCUT2D eigenvalue weighted by molar-refractivity contribution is 7.16. The molecule has 0 saturated heterocycles. The third-order valence-corrected chi connectivity index (χ3v) is 3.57. The molecule has 2 aromatic heterocycles. The van der Waals surface area contributed by atoms with Crippen LogP contribution in [-0.4, -0.2) is 4.37 Å². The summed E-state index contributed by atoms with van der Waals surface area (Å²) in [4.78, 5) is 1.05. The molecule has 0 aliphatic heterocycles. The van der Waals surface area contributed by atoms with Crippen LogP contribution in [0.3, 0.4) is 0 Å². The quantitative estimate of drug-likeness (QED) is 0.862. The first kappa shape index (κ1) is 9.15. The molecular weight excluding hydrogens is 224 g/mol. The van der Waals surface area contributed by atoms with E-state index in [1.54, 1.807) is 0 Å². The monoisotopic (exact) mass is 230 g/mol. The Labute approximate surface area is 89.1 Å². The summed E-state index contributed by atoms with van der Waals surface area (Å²) in [5.74, 6) is 0. The van der Waals surface area contributed by atoms with Crippen molar-refractivity contribution in [3.05, 3.63) is 38.5 Å². The van der Waals surface area contributed by atoms with Crippen LogP contribution in [-0.2, 0) is 0 Å². The normalized spacial score (nSPS) is 13.1. The third-order valence-electron chi connectivity index (χ3n) is 1.68. The Hall–Kier alpha value is -0.420. The van der Waals surface area contributed by atoms with E-state index in [1.807, 2.05) is 23.6 Å². The maximum atomic E-state index is 5.97. The van der Waals surface area contributed by atoms with Gasteiger partial charge in [-0.3, -0.25) is 0 Å². The first-order valence-electron chi connectivity index (χ1n) is 3.68. The molecule has 0 bridgehead atoms. The highest BCUT2D eigenvalue weighted by atomic mass is 35.5. The molecule has 2 heterocycles. The molecule has 13 heavy (non-hydrogen) atoms. The van der Waals surface area contributed by atoms with Gasteiger partial charge in [-0.25, -0.2) is 0 Å². The Morgan fingerprint density at radius 1 is 1.38 bits per heavy atom. The van der Waals surface area contributed by atoms with Crippen LogP contribution in [0.1, 0.15) is 16.6 Å². The molecule has 1 atom stereocenters. The van der Waals surface area contributed by atoms with Crippen LogP contribution in [0, 0.1) is 0 Å². The van der Waals surface area contributed by atoms with Gasteiger partial charge in [0.25, 0.3) is 0 Å². The van der Waals surface area contributed by atoms with Gasteiger partial charge < -0.3 is 5.73 Å². The van der Waals surface area contributed by atoms with Crippen LogP contribution < -0.4 is 5.73 Å². The Kier molecular flexibility index (Phi) is 2.64. The van der Waals surface area contributed by atoms with E-state index in [9.17, 15) is 0 Å². The number of halogens is 1. The first-order chi connectivity index (χ1) is 6.27. The topological polar surface area (TPSA) is 38.9 Å². The molecule has 2 aromatic rings. The zero-order valence-electron chi connectivity index (χ0n) is 6.61. The molecule has 0 aromatic carbocycles. The van der Waals surface area contributed by atoms with Crippen LogP contribution >= 0.6 is 34.5 Å². The molecule has 2 nitrogen and oxygen atoms in total. The number of nitrogens with two attached hydrogens (primary N) is 1. The molecule has 0 aliphatic rings. The van der Waals surface area contributed by atoms with Gasteiger partial charge in [0.05, 0.1) is 16.1 Å². The second kappa shape index (κ2) is 3.75. The molecule has 0 radical (unpaired) electrons. The maximum Gasteiger partial charge on any atom is 0.0931 e. The summed E-state index contributed by atoms with van der Waals surface area (Å²) in [6.45, 7) is 0. The van der Waals surface area contributed by atoms with Gasteiger partial charge in [-0.2, -0.15) is 4.37 Å². The first-order valence-corrected chi connectivity index (χ1v) is 5.71. The molecule has 0 fully saturated rings. The summed E-state index contributed by atoms with van der Waals surface area (Å²) in [6.07, 6.45) is 0. The van der Waals surface area contributed by atoms with Crippen LogP contribution in [0.2, 0.25) is 4.34 Å². The van der Waals surface area contributed by atoms with Crippen molar-refractivity contribution in [2.24, 2.45) is 5.73 Å². The van der Waals surface area contributed by atoms with Gasteiger partial charge in [0.1, 0.15) is 0 Å². The van der Waals surface area contributed by atoms with E-state index in [4.69, 9.17) is 17.3 Å². The average molecular weight is 231 g/mol. The summed E-state index contributed by atoms with van der Waals surface area (Å²) in [7, 11) is 0. The van der Waals surface area contributed by atoms with Crippen LogP contribution in [0.25, 0.3) is 0 Å². The molecule has 5 heteroatoms. The minimum atomic E-state index is -0.135. The number of aromatic nitrogens is 1. The average Bonchev–Trinajstić information content (AvgIpc) is 2.72. The Morgan fingerprint density at radius 2 is 2.23 bits per heavy atom. The number of hydrogen-bond donors (Lipinski definition) is 1. The van der Waals surface area contributed by atoms with Gasteiger partial charge >= 0.3 is 0 Å². The Balaban J connectivity index is 2.28. The van der Waals surface area contributed by atoms with Crippen molar-refractivity contribution >= 4 is 34.5 Å². The van der Waals surface area contributed by atoms with Crippen LogP contribution in [0.4, 0.5) is 0 Å².